The van der Waals surface area contributed by atoms with Crippen LogP contribution in [0.4, 0.5) is 0 Å². The molecule has 1 fully saturated rings. The van der Waals surface area contributed by atoms with E-state index in [0.29, 0.717) is 5.92 Å². The monoisotopic (exact) mass is 130 g/mol. The zero-order valence-electron chi connectivity index (χ0n) is 5.96. The highest BCUT2D eigenvalue weighted by Gasteiger charge is 2.46. The minimum Gasteiger partial charge on any atom is -0.396 e. The van der Waals surface area contributed by atoms with Crippen LogP contribution in [0.1, 0.15) is 20.3 Å². The fraction of sp³-hybridized carbons (Fsp3) is 1.00. The molecule has 0 aromatic rings. The first-order valence-corrected chi connectivity index (χ1v) is 3.38. The predicted octanol–water partition coefficient (Wildman–Crippen LogP) is 0.386. The Bertz CT molecular complexity index is 109. The second kappa shape index (κ2) is 1.96. The summed E-state index contributed by atoms with van der Waals surface area (Å²) < 4.78 is 0. The molecule has 54 valence electrons. The lowest BCUT2D eigenvalue weighted by Gasteiger charge is -2.48. The van der Waals surface area contributed by atoms with Crippen molar-refractivity contribution < 1.29 is 10.2 Å². The van der Waals surface area contributed by atoms with Gasteiger partial charge in [-0.1, -0.05) is 13.8 Å². The SMILES string of the molecule is CC1(C)C(O)C[C@@H]1CO. The van der Waals surface area contributed by atoms with Crippen LogP contribution in [0.15, 0.2) is 0 Å². The van der Waals surface area contributed by atoms with Gasteiger partial charge in [0.15, 0.2) is 0 Å². The van der Waals surface area contributed by atoms with Gasteiger partial charge in [0.05, 0.1) is 6.10 Å². The summed E-state index contributed by atoms with van der Waals surface area (Å²) in [5.74, 6) is 0.312. The Morgan fingerprint density at radius 3 is 2.22 bits per heavy atom. The molecule has 9 heavy (non-hydrogen) atoms. The van der Waals surface area contributed by atoms with Crippen molar-refractivity contribution in [3.05, 3.63) is 0 Å². The fourth-order valence-corrected chi connectivity index (χ4v) is 1.30. The summed E-state index contributed by atoms with van der Waals surface area (Å²) in [6.07, 6.45) is 0.568. The molecule has 0 aromatic heterocycles. The van der Waals surface area contributed by atoms with Crippen molar-refractivity contribution in [2.24, 2.45) is 11.3 Å². The smallest absolute Gasteiger partial charge is 0.0598 e. The van der Waals surface area contributed by atoms with Crippen LogP contribution in [0.3, 0.4) is 0 Å². The van der Waals surface area contributed by atoms with Crippen LogP contribution in [0.5, 0.6) is 0 Å². The third-order valence-electron chi connectivity index (χ3n) is 2.64. The van der Waals surface area contributed by atoms with Gasteiger partial charge in [-0.25, -0.2) is 0 Å². The molecule has 0 heterocycles. The van der Waals surface area contributed by atoms with Crippen LogP contribution >= 0.6 is 0 Å². The topological polar surface area (TPSA) is 40.5 Å². The zero-order chi connectivity index (χ0) is 7.07. The molecule has 0 spiro atoms. The summed E-state index contributed by atoms with van der Waals surface area (Å²) in [5.41, 5.74) is -0.0469. The van der Waals surface area contributed by atoms with Gasteiger partial charge in [-0.2, -0.15) is 0 Å². The third kappa shape index (κ3) is 0.864. The van der Waals surface area contributed by atoms with Crippen molar-refractivity contribution in [3.8, 4) is 0 Å². The van der Waals surface area contributed by atoms with Gasteiger partial charge in [-0.05, 0) is 17.8 Å². The van der Waals surface area contributed by atoms with E-state index in [4.69, 9.17) is 10.2 Å². The molecule has 1 aliphatic carbocycles. The zero-order valence-corrected chi connectivity index (χ0v) is 5.96. The van der Waals surface area contributed by atoms with Gasteiger partial charge >= 0.3 is 0 Å². The summed E-state index contributed by atoms with van der Waals surface area (Å²) in [5, 5.41) is 17.9. The standard InChI is InChI=1S/C7H14O2/c1-7(2)5(4-8)3-6(7)9/h5-6,8-9H,3-4H2,1-2H3/t5-,6?/m1/s1. The first-order chi connectivity index (χ1) is 4.09. The molecule has 0 aromatic carbocycles. The first-order valence-electron chi connectivity index (χ1n) is 3.38. The van der Waals surface area contributed by atoms with Crippen LogP contribution in [0.2, 0.25) is 0 Å². The second-order valence-corrected chi connectivity index (χ2v) is 3.45. The minimum absolute atomic E-state index is 0.0469. The van der Waals surface area contributed by atoms with Gasteiger partial charge in [-0.15, -0.1) is 0 Å². The molecular formula is C7H14O2. The van der Waals surface area contributed by atoms with E-state index >= 15 is 0 Å². The number of rotatable bonds is 1. The molecule has 2 N–H and O–H groups in total. The molecule has 1 rings (SSSR count). The lowest BCUT2D eigenvalue weighted by atomic mass is 9.60. The van der Waals surface area contributed by atoms with Gasteiger partial charge in [0.1, 0.15) is 0 Å². The lowest BCUT2D eigenvalue weighted by Crippen LogP contribution is -2.50. The van der Waals surface area contributed by atoms with Crippen molar-refractivity contribution in [1.82, 2.24) is 0 Å². The Morgan fingerprint density at radius 1 is 1.56 bits per heavy atom. The largest absolute Gasteiger partial charge is 0.396 e. The molecule has 1 aliphatic rings. The van der Waals surface area contributed by atoms with Crippen molar-refractivity contribution in [1.29, 1.82) is 0 Å². The first kappa shape index (κ1) is 7.03. The Kier molecular flexibility index (Phi) is 1.53. The third-order valence-corrected chi connectivity index (χ3v) is 2.64. The van der Waals surface area contributed by atoms with Crippen LogP contribution < -0.4 is 0 Å². The Morgan fingerprint density at radius 2 is 2.11 bits per heavy atom. The normalized spacial score (nSPS) is 40.0. The van der Waals surface area contributed by atoms with Crippen molar-refractivity contribution in [3.63, 3.8) is 0 Å². The maximum absolute atomic E-state index is 9.17. The number of hydrogen-bond acceptors (Lipinski definition) is 2. The van der Waals surface area contributed by atoms with Gasteiger partial charge < -0.3 is 10.2 Å². The maximum atomic E-state index is 9.17. The van der Waals surface area contributed by atoms with Gasteiger partial charge in [0.2, 0.25) is 0 Å². The lowest BCUT2D eigenvalue weighted by molar-refractivity contribution is -0.115. The quantitative estimate of drug-likeness (QED) is 0.539. The Labute approximate surface area is 55.5 Å². The molecule has 1 saturated carbocycles. The molecule has 2 atom stereocenters. The van der Waals surface area contributed by atoms with Crippen molar-refractivity contribution >= 4 is 0 Å². The van der Waals surface area contributed by atoms with E-state index in [1.807, 2.05) is 13.8 Å². The number of aliphatic hydroxyl groups excluding tert-OH is 2. The highest BCUT2D eigenvalue weighted by molar-refractivity contribution is 4.95. The van der Waals surface area contributed by atoms with E-state index in [9.17, 15) is 0 Å². The maximum Gasteiger partial charge on any atom is 0.0598 e. The average Bonchev–Trinajstić information content (AvgIpc) is 1.82. The predicted molar refractivity (Wildman–Crippen MR) is 35.0 cm³/mol. The average molecular weight is 130 g/mol. The highest BCUT2D eigenvalue weighted by atomic mass is 16.3. The van der Waals surface area contributed by atoms with E-state index in [0.717, 1.165) is 6.42 Å². The Hall–Kier alpha value is -0.0800. The number of hydrogen-bond donors (Lipinski definition) is 2. The van der Waals surface area contributed by atoms with Crippen LogP contribution in [0, 0.1) is 11.3 Å². The summed E-state index contributed by atoms with van der Waals surface area (Å²) in [6, 6.07) is 0. The summed E-state index contributed by atoms with van der Waals surface area (Å²) in [6.45, 7) is 4.19. The van der Waals surface area contributed by atoms with Crippen LogP contribution in [-0.4, -0.2) is 22.9 Å². The van der Waals surface area contributed by atoms with Crippen molar-refractivity contribution in [2.45, 2.75) is 26.4 Å². The molecule has 0 amide bonds. The molecule has 2 nitrogen and oxygen atoms in total. The van der Waals surface area contributed by atoms with E-state index in [1.165, 1.54) is 0 Å². The van der Waals surface area contributed by atoms with E-state index in [2.05, 4.69) is 0 Å². The molecule has 1 unspecified atom stereocenters. The second-order valence-electron chi connectivity index (χ2n) is 3.45. The van der Waals surface area contributed by atoms with Crippen LogP contribution in [-0.2, 0) is 0 Å². The van der Waals surface area contributed by atoms with Gasteiger partial charge in [0.25, 0.3) is 0 Å². The summed E-state index contributed by atoms with van der Waals surface area (Å²) in [4.78, 5) is 0. The van der Waals surface area contributed by atoms with E-state index in [-0.39, 0.29) is 18.1 Å². The molecule has 0 saturated heterocycles. The minimum atomic E-state index is -0.199. The highest BCUT2D eigenvalue weighted by Crippen LogP contribution is 2.45. The summed E-state index contributed by atoms with van der Waals surface area (Å²) >= 11 is 0. The molecule has 0 bridgehead atoms. The molecule has 0 radical (unpaired) electrons. The van der Waals surface area contributed by atoms with Crippen molar-refractivity contribution in [2.75, 3.05) is 6.61 Å². The van der Waals surface area contributed by atoms with E-state index in [1.54, 1.807) is 0 Å². The molecular weight excluding hydrogens is 116 g/mol. The Balaban J connectivity index is 2.48. The molecule has 2 heteroatoms. The number of aliphatic hydroxyl groups is 2. The fourth-order valence-electron chi connectivity index (χ4n) is 1.30. The van der Waals surface area contributed by atoms with Gasteiger partial charge in [0, 0.05) is 6.61 Å². The molecule has 0 aliphatic heterocycles. The summed E-state index contributed by atoms with van der Waals surface area (Å²) in [7, 11) is 0. The van der Waals surface area contributed by atoms with E-state index < -0.39 is 0 Å². The van der Waals surface area contributed by atoms with Crippen LogP contribution in [0.25, 0.3) is 0 Å². The van der Waals surface area contributed by atoms with Gasteiger partial charge in [-0.3, -0.25) is 0 Å².